The second kappa shape index (κ2) is 4.86. The van der Waals surface area contributed by atoms with Gasteiger partial charge in [-0.05, 0) is 25.0 Å². The van der Waals surface area contributed by atoms with Crippen LogP contribution >= 0.6 is 0 Å². The van der Waals surface area contributed by atoms with E-state index in [1.54, 1.807) is 0 Å². The van der Waals surface area contributed by atoms with Crippen molar-refractivity contribution in [1.29, 1.82) is 0 Å². The largest absolute Gasteiger partial charge is 0.480 e. The van der Waals surface area contributed by atoms with Gasteiger partial charge in [-0.3, -0.25) is 4.79 Å². The molecule has 8 heteroatoms. The summed E-state index contributed by atoms with van der Waals surface area (Å²) < 4.78 is 51.3. The molecule has 19 heavy (non-hydrogen) atoms. The third-order valence-electron chi connectivity index (χ3n) is 2.93. The van der Waals surface area contributed by atoms with Gasteiger partial charge in [-0.2, -0.15) is 4.31 Å². The van der Waals surface area contributed by atoms with E-state index >= 15 is 0 Å². The van der Waals surface area contributed by atoms with Gasteiger partial charge in [-0.1, -0.05) is 0 Å². The third-order valence-corrected chi connectivity index (χ3v) is 4.82. The molecule has 5 nitrogen and oxygen atoms in total. The van der Waals surface area contributed by atoms with E-state index in [9.17, 15) is 22.0 Å². The highest BCUT2D eigenvalue weighted by molar-refractivity contribution is 7.89. The number of carboxylic acids is 1. The van der Waals surface area contributed by atoms with Crippen LogP contribution in [0, 0.1) is 11.6 Å². The Morgan fingerprint density at radius 2 is 1.84 bits per heavy atom. The normalized spacial score (nSPS) is 20.6. The van der Waals surface area contributed by atoms with Crippen LogP contribution in [0.15, 0.2) is 23.1 Å². The van der Waals surface area contributed by atoms with Gasteiger partial charge in [0.05, 0.1) is 4.90 Å². The second-order valence-electron chi connectivity index (χ2n) is 4.22. The summed E-state index contributed by atoms with van der Waals surface area (Å²) in [6, 6.07) is 0.722. The molecule has 0 aliphatic carbocycles. The fraction of sp³-hybridized carbons (Fsp3) is 0.364. The number of halogens is 2. The number of carbonyl (C=O) groups is 1. The summed E-state index contributed by atoms with van der Waals surface area (Å²) in [7, 11) is -4.21. The minimum absolute atomic E-state index is 0.0252. The van der Waals surface area contributed by atoms with E-state index < -0.39 is 38.6 Å². The van der Waals surface area contributed by atoms with E-state index in [-0.39, 0.29) is 13.0 Å². The first-order valence-corrected chi connectivity index (χ1v) is 6.97. The van der Waals surface area contributed by atoms with Crippen molar-refractivity contribution in [2.45, 2.75) is 23.8 Å². The maximum absolute atomic E-state index is 13.1. The highest BCUT2D eigenvalue weighted by Gasteiger charge is 2.39. The Morgan fingerprint density at radius 1 is 1.26 bits per heavy atom. The lowest BCUT2D eigenvalue weighted by atomic mass is 10.2. The smallest absolute Gasteiger partial charge is 0.322 e. The first-order valence-electron chi connectivity index (χ1n) is 5.53. The number of hydrogen-bond acceptors (Lipinski definition) is 3. The summed E-state index contributed by atoms with van der Waals surface area (Å²) >= 11 is 0. The van der Waals surface area contributed by atoms with Crippen molar-refractivity contribution >= 4 is 16.0 Å². The molecule has 1 atom stereocenters. The summed E-state index contributed by atoms with van der Waals surface area (Å²) in [5, 5.41) is 8.95. The highest BCUT2D eigenvalue weighted by Crippen LogP contribution is 2.27. The molecule has 1 N–H and O–H groups in total. The van der Waals surface area contributed by atoms with E-state index in [1.807, 2.05) is 0 Å². The molecule has 0 radical (unpaired) electrons. The SMILES string of the molecule is O=C(O)[C@H]1CCCN1S(=O)(=O)c1cc(F)cc(F)c1. The molecule has 0 aromatic heterocycles. The Kier molecular flexibility index (Phi) is 3.55. The Labute approximate surface area is 108 Å². The summed E-state index contributed by atoms with van der Waals surface area (Å²) in [5.74, 6) is -3.31. The predicted octanol–water partition coefficient (Wildman–Crippen LogP) is 1.20. The molecule has 1 fully saturated rings. The van der Waals surface area contributed by atoms with Crippen LogP contribution < -0.4 is 0 Å². The standard InChI is InChI=1S/C11H11F2NO4S/c12-7-4-8(13)6-9(5-7)19(17,18)14-3-1-2-10(14)11(15)16/h4-6,10H,1-3H2,(H,15,16)/t10-/m1/s1. The average molecular weight is 291 g/mol. The van der Waals surface area contributed by atoms with Crippen molar-refractivity contribution < 1.29 is 27.1 Å². The predicted molar refractivity (Wildman–Crippen MR) is 60.9 cm³/mol. The van der Waals surface area contributed by atoms with Crippen molar-refractivity contribution in [3.8, 4) is 0 Å². The molecule has 1 aromatic rings. The van der Waals surface area contributed by atoms with Crippen LogP contribution in [0.5, 0.6) is 0 Å². The van der Waals surface area contributed by atoms with Crippen molar-refractivity contribution in [2.75, 3.05) is 6.54 Å². The summed E-state index contributed by atoms with van der Waals surface area (Å²) in [5.41, 5.74) is 0. The first kappa shape index (κ1) is 13.9. The van der Waals surface area contributed by atoms with Crippen LogP contribution in [0.3, 0.4) is 0 Å². The molecule has 1 aliphatic rings. The van der Waals surface area contributed by atoms with E-state index in [1.165, 1.54) is 0 Å². The third kappa shape index (κ3) is 2.59. The first-order chi connectivity index (χ1) is 8.82. The molecule has 1 saturated heterocycles. The second-order valence-corrected chi connectivity index (χ2v) is 6.11. The molecular formula is C11H11F2NO4S. The molecule has 1 aromatic carbocycles. The zero-order valence-electron chi connectivity index (χ0n) is 9.71. The van der Waals surface area contributed by atoms with Gasteiger partial charge in [0, 0.05) is 12.6 Å². The van der Waals surface area contributed by atoms with Crippen LogP contribution in [0.2, 0.25) is 0 Å². The van der Waals surface area contributed by atoms with Gasteiger partial charge < -0.3 is 5.11 Å². The summed E-state index contributed by atoms with van der Waals surface area (Å²) in [6.07, 6.45) is 0.584. The molecule has 0 unspecified atom stereocenters. The molecule has 0 spiro atoms. The molecule has 0 amide bonds. The van der Waals surface area contributed by atoms with Crippen LogP contribution in [-0.2, 0) is 14.8 Å². The fourth-order valence-corrected chi connectivity index (χ4v) is 3.78. The molecule has 1 aliphatic heterocycles. The van der Waals surface area contributed by atoms with E-state index in [4.69, 9.17) is 5.11 Å². The molecule has 2 rings (SSSR count). The molecule has 0 saturated carbocycles. The zero-order chi connectivity index (χ0) is 14.2. The lowest BCUT2D eigenvalue weighted by Crippen LogP contribution is -2.40. The molecule has 0 bridgehead atoms. The van der Waals surface area contributed by atoms with Gasteiger partial charge in [0.15, 0.2) is 0 Å². The van der Waals surface area contributed by atoms with Gasteiger partial charge in [0.1, 0.15) is 17.7 Å². The number of hydrogen-bond donors (Lipinski definition) is 1. The number of benzene rings is 1. The molecule has 104 valence electrons. The van der Waals surface area contributed by atoms with Crippen molar-refractivity contribution in [2.24, 2.45) is 0 Å². The van der Waals surface area contributed by atoms with Crippen LogP contribution in [-0.4, -0.2) is 36.4 Å². The van der Waals surface area contributed by atoms with Crippen LogP contribution in [0.25, 0.3) is 0 Å². The minimum atomic E-state index is -4.21. The Bertz CT molecular complexity index is 597. The Hall–Kier alpha value is -1.54. The quantitative estimate of drug-likeness (QED) is 0.908. The number of aliphatic carboxylic acids is 1. The van der Waals surface area contributed by atoms with E-state index in [2.05, 4.69) is 0 Å². The van der Waals surface area contributed by atoms with Crippen LogP contribution in [0.1, 0.15) is 12.8 Å². The van der Waals surface area contributed by atoms with Gasteiger partial charge in [0.25, 0.3) is 0 Å². The Morgan fingerprint density at radius 3 is 2.37 bits per heavy atom. The molecular weight excluding hydrogens is 280 g/mol. The number of rotatable bonds is 3. The number of nitrogens with zero attached hydrogens (tertiary/aromatic N) is 1. The van der Waals surface area contributed by atoms with Crippen molar-refractivity contribution in [3.63, 3.8) is 0 Å². The van der Waals surface area contributed by atoms with E-state index in [0.717, 1.165) is 4.31 Å². The number of carboxylic acid groups (broad SMARTS) is 1. The monoisotopic (exact) mass is 291 g/mol. The maximum Gasteiger partial charge on any atom is 0.322 e. The maximum atomic E-state index is 13.1. The lowest BCUT2D eigenvalue weighted by Gasteiger charge is -2.20. The van der Waals surface area contributed by atoms with Crippen molar-refractivity contribution in [1.82, 2.24) is 4.31 Å². The van der Waals surface area contributed by atoms with Gasteiger partial charge >= 0.3 is 5.97 Å². The van der Waals surface area contributed by atoms with Crippen LogP contribution in [0.4, 0.5) is 8.78 Å². The van der Waals surface area contributed by atoms with Gasteiger partial charge in [-0.25, -0.2) is 17.2 Å². The zero-order valence-corrected chi connectivity index (χ0v) is 10.5. The van der Waals surface area contributed by atoms with Gasteiger partial charge in [-0.15, -0.1) is 0 Å². The topological polar surface area (TPSA) is 74.7 Å². The fourth-order valence-electron chi connectivity index (χ4n) is 2.09. The lowest BCUT2D eigenvalue weighted by molar-refractivity contribution is -0.140. The van der Waals surface area contributed by atoms with Crippen molar-refractivity contribution in [3.05, 3.63) is 29.8 Å². The number of sulfonamides is 1. The highest BCUT2D eigenvalue weighted by atomic mass is 32.2. The Balaban J connectivity index is 2.44. The average Bonchev–Trinajstić information content (AvgIpc) is 2.76. The summed E-state index contributed by atoms with van der Waals surface area (Å²) in [6.45, 7) is 0.0252. The summed E-state index contributed by atoms with van der Waals surface area (Å²) in [4.78, 5) is 10.4. The minimum Gasteiger partial charge on any atom is -0.480 e. The van der Waals surface area contributed by atoms with Gasteiger partial charge in [0.2, 0.25) is 10.0 Å². The molecule has 1 heterocycles. The van der Waals surface area contributed by atoms with E-state index in [0.29, 0.717) is 24.6 Å².